The molecule has 0 saturated carbocycles. The quantitative estimate of drug-likeness (QED) is 0.662. The molecule has 1 aromatic carbocycles. The van der Waals surface area contributed by atoms with Crippen LogP contribution in [0.15, 0.2) is 24.3 Å². The first-order valence-corrected chi connectivity index (χ1v) is 5.37. The molecule has 0 radical (unpaired) electrons. The second-order valence-electron chi connectivity index (χ2n) is 3.22. The third-order valence-electron chi connectivity index (χ3n) is 1.82. The van der Waals surface area contributed by atoms with Crippen molar-refractivity contribution in [2.75, 3.05) is 6.54 Å². The largest absolute Gasteiger partial charge is 0.490 e. The molecule has 0 bridgehead atoms. The Balaban J connectivity index is 0.000000399. The summed E-state index contributed by atoms with van der Waals surface area (Å²) in [5.74, 6) is -2.76. The molecule has 4 nitrogen and oxygen atoms in total. The van der Waals surface area contributed by atoms with E-state index < -0.39 is 12.1 Å². The van der Waals surface area contributed by atoms with Gasteiger partial charge in [-0.3, -0.25) is 4.79 Å². The van der Waals surface area contributed by atoms with Gasteiger partial charge in [0.1, 0.15) is 0 Å². The van der Waals surface area contributed by atoms with Gasteiger partial charge in [-0.2, -0.15) is 13.2 Å². The molecule has 106 valence electrons. The zero-order valence-electron chi connectivity index (χ0n) is 9.58. The molecule has 1 rings (SSSR count). The highest BCUT2D eigenvalue weighted by Gasteiger charge is 2.38. The first-order valence-electron chi connectivity index (χ1n) is 4.99. The highest BCUT2D eigenvalue weighted by atomic mass is 35.5. The van der Waals surface area contributed by atoms with Gasteiger partial charge in [0.2, 0.25) is 6.41 Å². The number of nitrogens with one attached hydrogen (secondary N) is 1. The van der Waals surface area contributed by atoms with Crippen LogP contribution in [-0.4, -0.2) is 30.2 Å². The number of halogens is 4. The van der Waals surface area contributed by atoms with Crippen LogP contribution < -0.4 is 5.32 Å². The van der Waals surface area contributed by atoms with Crippen molar-refractivity contribution in [3.05, 3.63) is 34.9 Å². The van der Waals surface area contributed by atoms with Crippen LogP contribution in [0.3, 0.4) is 0 Å². The van der Waals surface area contributed by atoms with Crippen molar-refractivity contribution < 1.29 is 27.9 Å². The minimum Gasteiger partial charge on any atom is -0.475 e. The summed E-state index contributed by atoms with van der Waals surface area (Å²) in [5.41, 5.74) is 1.06. The van der Waals surface area contributed by atoms with Gasteiger partial charge in [-0.05, 0) is 18.1 Å². The van der Waals surface area contributed by atoms with E-state index in [0.717, 1.165) is 17.0 Å². The molecule has 2 N–H and O–H groups in total. The van der Waals surface area contributed by atoms with Gasteiger partial charge in [-0.1, -0.05) is 29.8 Å². The smallest absolute Gasteiger partial charge is 0.475 e. The first-order chi connectivity index (χ1) is 8.79. The minimum atomic E-state index is -5.08. The molecule has 0 aromatic heterocycles. The van der Waals surface area contributed by atoms with Crippen LogP contribution >= 0.6 is 11.6 Å². The van der Waals surface area contributed by atoms with Gasteiger partial charge < -0.3 is 10.4 Å². The first kappa shape index (κ1) is 17.2. The van der Waals surface area contributed by atoms with Gasteiger partial charge in [-0.15, -0.1) is 0 Å². The predicted octanol–water partition coefficient (Wildman–Crippen LogP) is 2.26. The second kappa shape index (κ2) is 8.36. The highest BCUT2D eigenvalue weighted by Crippen LogP contribution is 2.14. The van der Waals surface area contributed by atoms with E-state index in [1.165, 1.54) is 0 Å². The van der Waals surface area contributed by atoms with Gasteiger partial charge >= 0.3 is 12.1 Å². The lowest BCUT2D eigenvalue weighted by Crippen LogP contribution is -2.21. The van der Waals surface area contributed by atoms with Crippen molar-refractivity contribution in [3.8, 4) is 0 Å². The van der Waals surface area contributed by atoms with E-state index in [2.05, 4.69) is 5.32 Å². The van der Waals surface area contributed by atoms with Crippen LogP contribution in [0.2, 0.25) is 5.02 Å². The number of carboxylic acid groups (broad SMARTS) is 1. The summed E-state index contributed by atoms with van der Waals surface area (Å²) < 4.78 is 31.7. The van der Waals surface area contributed by atoms with Crippen molar-refractivity contribution in [1.82, 2.24) is 5.32 Å². The van der Waals surface area contributed by atoms with Gasteiger partial charge in [0, 0.05) is 11.6 Å². The van der Waals surface area contributed by atoms with Gasteiger partial charge in [-0.25, -0.2) is 4.79 Å². The van der Waals surface area contributed by atoms with E-state index in [1.54, 1.807) is 0 Å². The minimum absolute atomic E-state index is 0.632. The lowest BCUT2D eigenvalue weighted by molar-refractivity contribution is -0.192. The van der Waals surface area contributed by atoms with Gasteiger partial charge in [0.05, 0.1) is 0 Å². The molecule has 0 aliphatic heterocycles. The molecule has 1 aromatic rings. The number of amides is 1. The Morgan fingerprint density at radius 2 is 1.89 bits per heavy atom. The number of aliphatic carboxylic acids is 1. The van der Waals surface area contributed by atoms with Crippen molar-refractivity contribution in [1.29, 1.82) is 0 Å². The maximum absolute atomic E-state index is 10.6. The predicted molar refractivity (Wildman–Crippen MR) is 62.9 cm³/mol. The average molecular weight is 298 g/mol. The fourth-order valence-corrected chi connectivity index (χ4v) is 1.20. The second-order valence-corrected chi connectivity index (χ2v) is 3.62. The molecule has 0 saturated heterocycles. The Bertz CT molecular complexity index is 424. The summed E-state index contributed by atoms with van der Waals surface area (Å²) in [6.45, 7) is 0.632. The summed E-state index contributed by atoms with van der Waals surface area (Å²) in [4.78, 5) is 18.8. The van der Waals surface area contributed by atoms with Crippen molar-refractivity contribution in [3.63, 3.8) is 0 Å². The third-order valence-corrected chi connectivity index (χ3v) is 2.19. The number of hydrogen-bond acceptors (Lipinski definition) is 2. The zero-order chi connectivity index (χ0) is 14.9. The van der Waals surface area contributed by atoms with Gasteiger partial charge in [0.25, 0.3) is 0 Å². The summed E-state index contributed by atoms with van der Waals surface area (Å²) in [6.07, 6.45) is -3.62. The van der Waals surface area contributed by atoms with Crippen LogP contribution in [0.5, 0.6) is 0 Å². The number of hydrogen-bond donors (Lipinski definition) is 2. The number of carbonyl (C=O) groups excluding carboxylic acids is 1. The van der Waals surface area contributed by atoms with E-state index in [1.807, 2.05) is 24.3 Å². The van der Waals surface area contributed by atoms with Crippen molar-refractivity contribution in [2.45, 2.75) is 12.6 Å². The summed E-state index contributed by atoms with van der Waals surface area (Å²) >= 11 is 5.89. The number of alkyl halides is 3. The molecule has 0 aliphatic rings. The van der Waals surface area contributed by atoms with Crippen LogP contribution in [0.25, 0.3) is 0 Å². The fraction of sp³-hybridized carbons (Fsp3) is 0.273. The summed E-state index contributed by atoms with van der Waals surface area (Å²) in [7, 11) is 0. The SMILES string of the molecule is O=C(O)C(F)(F)F.O=CNCCc1ccccc1Cl. The molecule has 0 fully saturated rings. The molecule has 0 atom stereocenters. The van der Waals surface area contributed by atoms with Crippen LogP contribution in [0.1, 0.15) is 5.56 Å². The summed E-state index contributed by atoms with van der Waals surface area (Å²) in [6, 6.07) is 7.62. The maximum Gasteiger partial charge on any atom is 0.490 e. The molecular formula is C11H11ClF3NO3. The summed E-state index contributed by atoms with van der Waals surface area (Å²) in [5, 5.41) is 10.5. The van der Waals surface area contributed by atoms with E-state index in [-0.39, 0.29) is 0 Å². The standard InChI is InChI=1S/C9H10ClNO.C2HF3O2/c10-9-4-2-1-3-8(9)5-6-11-7-12;3-2(4,5)1(6)7/h1-4,7H,5-6H2,(H,11,12);(H,6,7). The van der Waals surface area contributed by atoms with Crippen LogP contribution in [0.4, 0.5) is 13.2 Å². The molecule has 0 spiro atoms. The Labute approximate surface area is 112 Å². The monoisotopic (exact) mass is 297 g/mol. The molecule has 8 heteroatoms. The number of benzene rings is 1. The van der Waals surface area contributed by atoms with Crippen molar-refractivity contribution in [2.24, 2.45) is 0 Å². The molecule has 0 unspecified atom stereocenters. The fourth-order valence-electron chi connectivity index (χ4n) is 0.967. The molecular weight excluding hydrogens is 287 g/mol. The number of carboxylic acids is 1. The lowest BCUT2D eigenvalue weighted by atomic mass is 10.1. The van der Waals surface area contributed by atoms with Crippen molar-refractivity contribution >= 4 is 24.0 Å². The number of rotatable bonds is 4. The Morgan fingerprint density at radius 3 is 2.32 bits per heavy atom. The molecule has 0 aliphatic carbocycles. The zero-order valence-corrected chi connectivity index (χ0v) is 10.3. The van der Waals surface area contributed by atoms with E-state index >= 15 is 0 Å². The topological polar surface area (TPSA) is 66.4 Å². The van der Waals surface area contributed by atoms with Crippen LogP contribution in [-0.2, 0) is 16.0 Å². The average Bonchev–Trinajstić information content (AvgIpc) is 2.31. The van der Waals surface area contributed by atoms with Crippen LogP contribution in [0, 0.1) is 0 Å². The Kier molecular flexibility index (Phi) is 7.59. The lowest BCUT2D eigenvalue weighted by Gasteiger charge is -2.01. The van der Waals surface area contributed by atoms with E-state index in [9.17, 15) is 18.0 Å². The van der Waals surface area contributed by atoms with Gasteiger partial charge in [0.15, 0.2) is 0 Å². The molecule has 1 amide bonds. The number of carbonyl (C=O) groups is 2. The normalized spacial score (nSPS) is 10.1. The molecule has 0 heterocycles. The third kappa shape index (κ3) is 8.04. The Hall–Kier alpha value is -1.76. The van der Waals surface area contributed by atoms with E-state index in [0.29, 0.717) is 13.0 Å². The molecule has 19 heavy (non-hydrogen) atoms. The Morgan fingerprint density at radius 1 is 1.37 bits per heavy atom. The highest BCUT2D eigenvalue weighted by molar-refractivity contribution is 6.31. The van der Waals surface area contributed by atoms with E-state index in [4.69, 9.17) is 21.5 Å². The maximum atomic E-state index is 10.6.